The van der Waals surface area contributed by atoms with Gasteiger partial charge in [-0.25, -0.2) is 9.97 Å². The van der Waals surface area contributed by atoms with E-state index in [1.54, 1.807) is 31.0 Å². The van der Waals surface area contributed by atoms with Crippen LogP contribution in [0.4, 0.5) is 19.1 Å². The number of imidazole rings is 2. The van der Waals surface area contributed by atoms with E-state index in [-0.39, 0.29) is 23.3 Å². The van der Waals surface area contributed by atoms with Crippen molar-refractivity contribution in [1.82, 2.24) is 24.1 Å². The molecule has 0 fully saturated rings. The molecule has 0 saturated heterocycles. The van der Waals surface area contributed by atoms with Gasteiger partial charge in [-0.15, -0.1) is 0 Å². The fourth-order valence-electron chi connectivity index (χ4n) is 4.86. The predicted molar refractivity (Wildman–Crippen MR) is 146 cm³/mol. The Morgan fingerprint density at radius 1 is 1.02 bits per heavy atom. The lowest BCUT2D eigenvalue weighted by Gasteiger charge is -2.26. The monoisotopic (exact) mass is 556 g/mol. The lowest BCUT2D eigenvalue weighted by Crippen LogP contribution is -2.31. The Kier molecular flexibility index (Phi) is 6.62. The number of furan rings is 1. The zero-order valence-corrected chi connectivity index (χ0v) is 21.7. The summed E-state index contributed by atoms with van der Waals surface area (Å²) in [7, 11) is 1.85. The van der Waals surface area contributed by atoms with Crippen LogP contribution in [0.1, 0.15) is 23.1 Å². The first kappa shape index (κ1) is 26.1. The van der Waals surface area contributed by atoms with Crippen LogP contribution < -0.4 is 4.90 Å². The summed E-state index contributed by atoms with van der Waals surface area (Å²) in [5, 5.41) is 0.233. The van der Waals surface area contributed by atoms with Gasteiger partial charge in [0.15, 0.2) is 0 Å². The van der Waals surface area contributed by atoms with Crippen LogP contribution in [-0.4, -0.2) is 30.5 Å². The van der Waals surface area contributed by atoms with E-state index in [4.69, 9.17) is 4.42 Å². The number of alkyl halides is 3. The molecule has 0 saturated carbocycles. The third-order valence-corrected chi connectivity index (χ3v) is 6.95. The second-order valence-corrected chi connectivity index (χ2v) is 9.47. The van der Waals surface area contributed by atoms with Gasteiger partial charge in [0.25, 0.3) is 0 Å². The molecule has 8 nitrogen and oxygen atoms in total. The average Bonchev–Trinajstić information content (AvgIpc) is 3.73. The van der Waals surface area contributed by atoms with Gasteiger partial charge in [0, 0.05) is 54.9 Å². The van der Waals surface area contributed by atoms with Gasteiger partial charge >= 0.3 is 6.18 Å². The van der Waals surface area contributed by atoms with Gasteiger partial charge < -0.3 is 13.6 Å². The van der Waals surface area contributed by atoms with Crippen LogP contribution in [0.15, 0.2) is 102 Å². The Labute approximate surface area is 232 Å². The topological polar surface area (TPSA) is 82.0 Å². The van der Waals surface area contributed by atoms with E-state index in [1.165, 1.54) is 17.0 Å². The van der Waals surface area contributed by atoms with Gasteiger partial charge in [-0.3, -0.25) is 14.7 Å². The van der Waals surface area contributed by atoms with Crippen LogP contribution in [0.2, 0.25) is 0 Å². The van der Waals surface area contributed by atoms with Gasteiger partial charge in [0.2, 0.25) is 12.3 Å². The van der Waals surface area contributed by atoms with Gasteiger partial charge in [0.05, 0.1) is 23.8 Å². The first-order valence-corrected chi connectivity index (χ1v) is 12.7. The summed E-state index contributed by atoms with van der Waals surface area (Å²) in [5.41, 5.74) is 2.81. The lowest BCUT2D eigenvalue weighted by molar-refractivity contribution is -0.137. The van der Waals surface area contributed by atoms with Gasteiger partial charge in [0.1, 0.15) is 17.4 Å². The molecule has 2 aromatic carbocycles. The minimum atomic E-state index is -4.50. The minimum Gasteiger partial charge on any atom is -0.440 e. The summed E-state index contributed by atoms with van der Waals surface area (Å²) in [6, 6.07) is 17.3. The number of benzene rings is 2. The molecule has 0 N–H and O–H groups in total. The van der Waals surface area contributed by atoms with E-state index in [9.17, 15) is 18.0 Å². The normalized spacial score (nSPS) is 12.5. The summed E-state index contributed by atoms with van der Waals surface area (Å²) in [4.78, 5) is 27.1. The minimum absolute atomic E-state index is 0.101. The van der Waals surface area contributed by atoms with Crippen LogP contribution >= 0.6 is 0 Å². The number of hydrogen-bond donors (Lipinski definition) is 0. The van der Waals surface area contributed by atoms with Gasteiger partial charge in [-0.1, -0.05) is 18.2 Å². The van der Waals surface area contributed by atoms with E-state index in [0.29, 0.717) is 17.9 Å². The molecule has 0 radical (unpaired) electrons. The number of anilines is 1. The van der Waals surface area contributed by atoms with Crippen molar-refractivity contribution in [2.24, 2.45) is 7.05 Å². The van der Waals surface area contributed by atoms with Crippen molar-refractivity contribution in [1.29, 1.82) is 0 Å². The molecule has 0 aliphatic heterocycles. The number of pyridine rings is 1. The molecule has 0 spiro atoms. The average molecular weight is 557 g/mol. The third-order valence-electron chi connectivity index (χ3n) is 6.95. The molecule has 11 heteroatoms. The highest BCUT2D eigenvalue weighted by molar-refractivity contribution is 5.85. The second kappa shape index (κ2) is 10.4. The van der Waals surface area contributed by atoms with Crippen LogP contribution in [0.5, 0.6) is 0 Å². The second-order valence-electron chi connectivity index (χ2n) is 9.47. The van der Waals surface area contributed by atoms with Crippen LogP contribution in [-0.2, 0) is 24.4 Å². The number of amides is 1. The number of aromatic nitrogens is 5. The number of rotatable bonds is 8. The predicted octanol–water partition coefficient (Wildman–Crippen LogP) is 6.38. The molecule has 6 aromatic rings. The van der Waals surface area contributed by atoms with Crippen molar-refractivity contribution in [2.45, 2.75) is 18.6 Å². The number of carbonyl (C=O) groups excluding carboxylic acids is 1. The first-order chi connectivity index (χ1) is 19.8. The smallest absolute Gasteiger partial charge is 0.416 e. The van der Waals surface area contributed by atoms with Crippen molar-refractivity contribution in [3.8, 4) is 16.9 Å². The number of hydrogen-bond acceptors (Lipinski definition) is 5. The molecule has 1 amide bonds. The summed E-state index contributed by atoms with van der Waals surface area (Å²) in [6.45, 7) is 0. The molecule has 6 rings (SSSR count). The van der Waals surface area contributed by atoms with Crippen molar-refractivity contribution in [3.63, 3.8) is 0 Å². The van der Waals surface area contributed by atoms with Crippen molar-refractivity contribution in [3.05, 3.63) is 115 Å². The molecular formula is C30H23F3N6O2. The fraction of sp³-hybridized carbons (Fsp3) is 0.133. The third kappa shape index (κ3) is 5.09. The van der Waals surface area contributed by atoms with E-state index in [1.807, 2.05) is 58.8 Å². The summed E-state index contributed by atoms with van der Waals surface area (Å²) < 4.78 is 49.6. The Morgan fingerprint density at radius 2 is 1.85 bits per heavy atom. The highest BCUT2D eigenvalue weighted by Crippen LogP contribution is 2.37. The van der Waals surface area contributed by atoms with Crippen LogP contribution in [0.3, 0.4) is 0 Å². The molecule has 206 valence electrons. The quantitative estimate of drug-likeness (QED) is 0.203. The van der Waals surface area contributed by atoms with Crippen molar-refractivity contribution in [2.75, 3.05) is 4.90 Å². The number of nitrogens with zero attached hydrogens (tertiary/aromatic N) is 6. The molecule has 1 atom stereocenters. The van der Waals surface area contributed by atoms with E-state index >= 15 is 0 Å². The summed E-state index contributed by atoms with van der Waals surface area (Å²) >= 11 is 0. The maximum atomic E-state index is 13.3. The molecular weight excluding hydrogens is 533 g/mol. The zero-order chi connectivity index (χ0) is 28.6. The lowest BCUT2D eigenvalue weighted by atomic mass is 10.1. The highest BCUT2D eigenvalue weighted by atomic mass is 19.4. The number of fused-ring (bicyclic) bond motifs is 1. The van der Waals surface area contributed by atoms with Crippen LogP contribution in [0.25, 0.3) is 27.9 Å². The Hall–Kier alpha value is -5.19. The van der Waals surface area contributed by atoms with Gasteiger partial charge in [-0.2, -0.15) is 13.2 Å². The van der Waals surface area contributed by atoms with Crippen molar-refractivity contribution < 1.29 is 22.4 Å². The van der Waals surface area contributed by atoms with Gasteiger partial charge in [-0.05, 0) is 48.0 Å². The Bertz CT molecular complexity index is 1790. The number of carbonyl (C=O) groups is 1. The zero-order valence-electron chi connectivity index (χ0n) is 21.7. The highest BCUT2D eigenvalue weighted by Gasteiger charge is 2.32. The van der Waals surface area contributed by atoms with Crippen LogP contribution in [0, 0.1) is 0 Å². The largest absolute Gasteiger partial charge is 0.440 e. The summed E-state index contributed by atoms with van der Waals surface area (Å²) in [5.74, 6) is 0.650. The standard InChI is InChI=1S/C30H23F3N6O2/c1-37-26(20-5-8-24(9-6-20)38-13-12-34-18-38)17-36-29(37)25(16-23-4-2-3-11-35-23)39(19-40)28-15-21-14-22(30(31,32)33)7-10-27(21)41-28/h2-15,17-19,25H,16H2,1H3/t25-/m0/s1. The Morgan fingerprint density at radius 3 is 2.54 bits per heavy atom. The number of halogens is 3. The van der Waals surface area contributed by atoms with E-state index < -0.39 is 17.8 Å². The molecule has 41 heavy (non-hydrogen) atoms. The Balaban J connectivity index is 1.39. The van der Waals surface area contributed by atoms with E-state index in [2.05, 4.69) is 15.0 Å². The molecule has 0 aliphatic rings. The maximum absolute atomic E-state index is 13.3. The fourth-order valence-corrected chi connectivity index (χ4v) is 4.86. The van der Waals surface area contributed by atoms with Crippen molar-refractivity contribution >= 4 is 23.3 Å². The molecule has 0 aliphatic carbocycles. The van der Waals surface area contributed by atoms with E-state index in [0.717, 1.165) is 29.1 Å². The maximum Gasteiger partial charge on any atom is 0.416 e. The SMILES string of the molecule is Cn1c(-c2ccc(-n3ccnc3)cc2)cnc1[C@H](Cc1ccccn1)N(C=O)c1cc2cc(C(F)(F)F)ccc2o1. The molecule has 0 unspecified atom stereocenters. The summed E-state index contributed by atoms with van der Waals surface area (Å²) in [6.07, 6.45) is 5.05. The molecule has 4 aromatic heterocycles. The first-order valence-electron chi connectivity index (χ1n) is 12.7. The molecule has 4 heterocycles. The molecule has 0 bridgehead atoms.